The Balaban J connectivity index is 2.10. The third kappa shape index (κ3) is 3.93. The van der Waals surface area contributed by atoms with E-state index in [0.717, 1.165) is 16.9 Å². The highest BCUT2D eigenvalue weighted by atomic mass is 16.1. The summed E-state index contributed by atoms with van der Waals surface area (Å²) in [5, 5.41) is 9.65. The number of H-pyrrole nitrogens is 1. The minimum absolute atomic E-state index is 0.0886. The molecule has 0 bridgehead atoms. The molecule has 0 atom stereocenters. The molecule has 0 aliphatic carbocycles. The predicted octanol–water partition coefficient (Wildman–Crippen LogP) is 2.14. The van der Waals surface area contributed by atoms with Gasteiger partial charge in [0, 0.05) is 29.4 Å². The quantitative estimate of drug-likeness (QED) is 0.785. The molecule has 0 saturated heterocycles. The number of benzene rings is 1. The average molecular weight is 258 g/mol. The third-order valence-corrected chi connectivity index (χ3v) is 2.57. The number of nitrogens with zero attached hydrogens (tertiary/aromatic N) is 1. The van der Waals surface area contributed by atoms with Gasteiger partial charge in [-0.3, -0.25) is 9.89 Å². The molecule has 100 valence electrons. The van der Waals surface area contributed by atoms with Crippen LogP contribution in [0, 0.1) is 0 Å². The molecular formula is C14H18N4O. The van der Waals surface area contributed by atoms with Gasteiger partial charge < -0.3 is 11.1 Å². The summed E-state index contributed by atoms with van der Waals surface area (Å²) in [6.45, 7) is 3.65. The van der Waals surface area contributed by atoms with Crippen molar-refractivity contribution in [3.63, 3.8) is 0 Å². The SMILES string of the molecule is CC(C)(N)CC(=O)Nc1cccc(-c2ccn[nH]2)c1. The number of hydrogen-bond acceptors (Lipinski definition) is 3. The summed E-state index contributed by atoms with van der Waals surface area (Å²) >= 11 is 0. The van der Waals surface area contributed by atoms with Crippen LogP contribution in [-0.4, -0.2) is 21.6 Å². The Morgan fingerprint density at radius 2 is 2.21 bits per heavy atom. The number of amides is 1. The van der Waals surface area contributed by atoms with E-state index in [1.807, 2.05) is 44.2 Å². The number of aromatic nitrogens is 2. The van der Waals surface area contributed by atoms with Gasteiger partial charge in [-0.1, -0.05) is 12.1 Å². The van der Waals surface area contributed by atoms with Gasteiger partial charge in [-0.15, -0.1) is 0 Å². The maximum absolute atomic E-state index is 11.8. The fourth-order valence-corrected chi connectivity index (χ4v) is 1.80. The van der Waals surface area contributed by atoms with Crippen LogP contribution in [0.2, 0.25) is 0 Å². The Labute approximate surface area is 112 Å². The average Bonchev–Trinajstić information content (AvgIpc) is 2.79. The van der Waals surface area contributed by atoms with Crippen LogP contribution < -0.4 is 11.1 Å². The molecule has 4 N–H and O–H groups in total. The highest BCUT2D eigenvalue weighted by molar-refractivity contribution is 5.92. The molecule has 0 aliphatic heterocycles. The van der Waals surface area contributed by atoms with Crippen molar-refractivity contribution >= 4 is 11.6 Å². The largest absolute Gasteiger partial charge is 0.326 e. The molecule has 1 aromatic carbocycles. The number of nitrogens with one attached hydrogen (secondary N) is 2. The first-order valence-corrected chi connectivity index (χ1v) is 6.13. The number of carbonyl (C=O) groups excluding carboxylic acids is 1. The van der Waals surface area contributed by atoms with Crippen molar-refractivity contribution in [3.05, 3.63) is 36.5 Å². The summed E-state index contributed by atoms with van der Waals surface area (Å²) in [5.41, 5.74) is 7.95. The lowest BCUT2D eigenvalue weighted by molar-refractivity contribution is -0.117. The number of nitrogens with two attached hydrogens (primary N) is 1. The van der Waals surface area contributed by atoms with Crippen molar-refractivity contribution in [3.8, 4) is 11.3 Å². The van der Waals surface area contributed by atoms with Gasteiger partial charge in [0.2, 0.25) is 5.91 Å². The van der Waals surface area contributed by atoms with Gasteiger partial charge >= 0.3 is 0 Å². The second kappa shape index (κ2) is 5.24. The molecule has 1 heterocycles. The van der Waals surface area contributed by atoms with Gasteiger partial charge in [-0.05, 0) is 32.0 Å². The molecule has 19 heavy (non-hydrogen) atoms. The summed E-state index contributed by atoms with van der Waals surface area (Å²) in [5.74, 6) is -0.0886. The molecule has 5 heteroatoms. The van der Waals surface area contributed by atoms with Gasteiger partial charge in [-0.2, -0.15) is 5.10 Å². The van der Waals surface area contributed by atoms with E-state index in [1.54, 1.807) is 6.20 Å². The Bertz CT molecular complexity index is 555. The molecule has 2 rings (SSSR count). The number of rotatable bonds is 4. The molecule has 0 fully saturated rings. The second-order valence-corrected chi connectivity index (χ2v) is 5.26. The normalized spacial score (nSPS) is 11.3. The number of hydrogen-bond donors (Lipinski definition) is 3. The van der Waals surface area contributed by atoms with Crippen LogP contribution in [0.3, 0.4) is 0 Å². The van der Waals surface area contributed by atoms with Crippen LogP contribution in [-0.2, 0) is 4.79 Å². The van der Waals surface area contributed by atoms with Crippen molar-refractivity contribution < 1.29 is 4.79 Å². The van der Waals surface area contributed by atoms with Gasteiger partial charge in [0.1, 0.15) is 0 Å². The Morgan fingerprint density at radius 1 is 1.42 bits per heavy atom. The Morgan fingerprint density at radius 3 is 2.84 bits per heavy atom. The van der Waals surface area contributed by atoms with E-state index in [-0.39, 0.29) is 12.3 Å². The van der Waals surface area contributed by atoms with E-state index < -0.39 is 5.54 Å². The van der Waals surface area contributed by atoms with E-state index >= 15 is 0 Å². The van der Waals surface area contributed by atoms with Gasteiger partial charge in [0.25, 0.3) is 0 Å². The van der Waals surface area contributed by atoms with E-state index in [2.05, 4.69) is 15.5 Å². The maximum atomic E-state index is 11.8. The van der Waals surface area contributed by atoms with Gasteiger partial charge in [0.15, 0.2) is 0 Å². The Kier molecular flexibility index (Phi) is 3.66. The summed E-state index contributed by atoms with van der Waals surface area (Å²) in [7, 11) is 0. The van der Waals surface area contributed by atoms with E-state index in [1.165, 1.54) is 0 Å². The molecule has 0 unspecified atom stereocenters. The van der Waals surface area contributed by atoms with Crippen molar-refractivity contribution in [2.75, 3.05) is 5.32 Å². The lowest BCUT2D eigenvalue weighted by atomic mass is 10.0. The first-order valence-electron chi connectivity index (χ1n) is 6.13. The van der Waals surface area contributed by atoms with Crippen molar-refractivity contribution in [2.45, 2.75) is 25.8 Å². The second-order valence-electron chi connectivity index (χ2n) is 5.26. The standard InChI is InChI=1S/C14H18N4O/c1-14(2,15)9-13(19)17-11-5-3-4-10(8-11)12-6-7-16-18-12/h3-8H,9,15H2,1-2H3,(H,16,18)(H,17,19). The number of carbonyl (C=O) groups is 1. The van der Waals surface area contributed by atoms with Crippen LogP contribution in [0.15, 0.2) is 36.5 Å². The van der Waals surface area contributed by atoms with Crippen LogP contribution in [0.5, 0.6) is 0 Å². The highest BCUT2D eigenvalue weighted by Crippen LogP contribution is 2.20. The highest BCUT2D eigenvalue weighted by Gasteiger charge is 2.16. The Hall–Kier alpha value is -2.14. The molecule has 5 nitrogen and oxygen atoms in total. The molecule has 1 amide bonds. The number of aromatic amines is 1. The van der Waals surface area contributed by atoms with E-state index in [4.69, 9.17) is 5.73 Å². The summed E-state index contributed by atoms with van der Waals surface area (Å²) < 4.78 is 0. The zero-order chi connectivity index (χ0) is 13.9. The third-order valence-electron chi connectivity index (χ3n) is 2.57. The maximum Gasteiger partial charge on any atom is 0.226 e. The minimum Gasteiger partial charge on any atom is -0.326 e. The summed E-state index contributed by atoms with van der Waals surface area (Å²) in [6, 6.07) is 9.47. The molecule has 0 radical (unpaired) electrons. The van der Waals surface area contributed by atoms with Crippen molar-refractivity contribution in [2.24, 2.45) is 5.73 Å². The first-order chi connectivity index (χ1) is 8.94. The lowest BCUT2D eigenvalue weighted by Gasteiger charge is -2.17. The molecular weight excluding hydrogens is 240 g/mol. The fraction of sp³-hybridized carbons (Fsp3) is 0.286. The monoisotopic (exact) mass is 258 g/mol. The van der Waals surface area contributed by atoms with E-state index in [9.17, 15) is 4.79 Å². The molecule has 1 aromatic heterocycles. The molecule has 0 spiro atoms. The van der Waals surface area contributed by atoms with Gasteiger partial charge in [0.05, 0.1) is 5.69 Å². The fourth-order valence-electron chi connectivity index (χ4n) is 1.80. The van der Waals surface area contributed by atoms with Crippen LogP contribution >= 0.6 is 0 Å². The topological polar surface area (TPSA) is 83.8 Å². The molecule has 2 aromatic rings. The van der Waals surface area contributed by atoms with Crippen molar-refractivity contribution in [1.29, 1.82) is 0 Å². The van der Waals surface area contributed by atoms with Crippen LogP contribution in [0.4, 0.5) is 5.69 Å². The van der Waals surface area contributed by atoms with Crippen molar-refractivity contribution in [1.82, 2.24) is 10.2 Å². The minimum atomic E-state index is -0.509. The van der Waals surface area contributed by atoms with E-state index in [0.29, 0.717) is 0 Å². The molecule has 0 saturated carbocycles. The predicted molar refractivity (Wildman–Crippen MR) is 75.5 cm³/mol. The van der Waals surface area contributed by atoms with Crippen LogP contribution in [0.25, 0.3) is 11.3 Å². The zero-order valence-electron chi connectivity index (χ0n) is 11.1. The number of anilines is 1. The summed E-state index contributed by atoms with van der Waals surface area (Å²) in [4.78, 5) is 11.8. The zero-order valence-corrected chi connectivity index (χ0v) is 11.1. The molecule has 0 aliphatic rings. The summed E-state index contributed by atoms with van der Waals surface area (Å²) in [6.07, 6.45) is 1.97. The lowest BCUT2D eigenvalue weighted by Crippen LogP contribution is -2.36. The smallest absolute Gasteiger partial charge is 0.226 e. The first kappa shape index (κ1) is 13.3. The van der Waals surface area contributed by atoms with Gasteiger partial charge in [-0.25, -0.2) is 0 Å². The van der Waals surface area contributed by atoms with Crippen LogP contribution in [0.1, 0.15) is 20.3 Å².